The molecule has 0 aliphatic rings. The van der Waals surface area contributed by atoms with Crippen LogP contribution in [0.1, 0.15) is 34.8 Å². The minimum atomic E-state index is -0.733. The average molecular weight is 324 g/mol. The summed E-state index contributed by atoms with van der Waals surface area (Å²) in [6, 6.07) is 14.0. The molecule has 0 unspecified atom stereocenters. The van der Waals surface area contributed by atoms with Gasteiger partial charge in [0.15, 0.2) is 6.10 Å². The first-order valence-electron chi connectivity index (χ1n) is 7.44. The van der Waals surface area contributed by atoms with Crippen LogP contribution in [0.2, 0.25) is 0 Å². The first-order valence-corrected chi connectivity index (χ1v) is 7.44. The molecule has 2 aromatic carbocycles. The molecule has 0 fully saturated rings. The lowest BCUT2D eigenvalue weighted by Crippen LogP contribution is -2.10. The van der Waals surface area contributed by atoms with E-state index < -0.39 is 12.1 Å². The summed E-state index contributed by atoms with van der Waals surface area (Å²) in [5, 5.41) is 17.7. The normalized spacial score (nSPS) is 11.9. The molecule has 0 aliphatic carbocycles. The second kappa shape index (κ2) is 6.54. The molecule has 0 radical (unpaired) electrons. The molecule has 0 bridgehead atoms. The quantitative estimate of drug-likeness (QED) is 0.737. The Labute approximate surface area is 138 Å². The fraction of sp³-hybridized carbons (Fsp3) is 0.167. The van der Waals surface area contributed by atoms with Gasteiger partial charge >= 0.3 is 5.97 Å². The molecule has 0 saturated carbocycles. The minimum Gasteiger partial charge on any atom is -0.507 e. The molecular formula is C18H16N2O4. The number of esters is 1. The Morgan fingerprint density at radius 1 is 1.17 bits per heavy atom. The zero-order valence-electron chi connectivity index (χ0n) is 13.3. The van der Waals surface area contributed by atoms with Crippen LogP contribution < -0.4 is 0 Å². The van der Waals surface area contributed by atoms with Gasteiger partial charge in [-0.3, -0.25) is 0 Å². The highest BCUT2D eigenvalue weighted by atomic mass is 16.6. The van der Waals surface area contributed by atoms with E-state index in [9.17, 15) is 9.90 Å². The van der Waals surface area contributed by atoms with E-state index in [0.717, 1.165) is 11.1 Å². The van der Waals surface area contributed by atoms with Gasteiger partial charge in [-0.15, -0.1) is 10.2 Å². The van der Waals surface area contributed by atoms with Crippen molar-refractivity contribution in [2.75, 3.05) is 0 Å². The smallest absolute Gasteiger partial charge is 0.342 e. The topological polar surface area (TPSA) is 85.5 Å². The van der Waals surface area contributed by atoms with E-state index in [2.05, 4.69) is 10.2 Å². The van der Waals surface area contributed by atoms with Crippen LogP contribution in [-0.4, -0.2) is 21.3 Å². The van der Waals surface area contributed by atoms with Crippen LogP contribution in [0.25, 0.3) is 11.5 Å². The fourth-order valence-corrected chi connectivity index (χ4v) is 2.18. The van der Waals surface area contributed by atoms with Gasteiger partial charge in [0, 0.05) is 5.56 Å². The second-order valence-corrected chi connectivity index (χ2v) is 5.38. The average Bonchev–Trinajstić information content (AvgIpc) is 3.05. The third-order valence-corrected chi connectivity index (χ3v) is 3.47. The molecule has 3 aromatic rings. The van der Waals surface area contributed by atoms with E-state index in [1.54, 1.807) is 13.0 Å². The summed E-state index contributed by atoms with van der Waals surface area (Å²) >= 11 is 0. The highest BCUT2D eigenvalue weighted by Crippen LogP contribution is 2.25. The van der Waals surface area contributed by atoms with Gasteiger partial charge in [-0.2, -0.15) is 0 Å². The molecule has 1 atom stereocenters. The minimum absolute atomic E-state index is 0.0928. The van der Waals surface area contributed by atoms with Gasteiger partial charge in [-0.25, -0.2) is 4.79 Å². The first-order chi connectivity index (χ1) is 11.5. The lowest BCUT2D eigenvalue weighted by molar-refractivity contribution is 0.0277. The van der Waals surface area contributed by atoms with Crippen molar-refractivity contribution in [1.29, 1.82) is 0 Å². The first kappa shape index (κ1) is 15.7. The number of aryl methyl sites for hydroxylation is 1. The van der Waals surface area contributed by atoms with E-state index in [1.807, 2.05) is 37.3 Å². The number of aromatic hydroxyl groups is 1. The van der Waals surface area contributed by atoms with Crippen molar-refractivity contribution >= 4 is 5.97 Å². The van der Waals surface area contributed by atoms with Crippen molar-refractivity contribution in [2.24, 2.45) is 0 Å². The Morgan fingerprint density at radius 3 is 2.62 bits per heavy atom. The van der Waals surface area contributed by atoms with Gasteiger partial charge in [0.05, 0.1) is 0 Å². The van der Waals surface area contributed by atoms with Crippen molar-refractivity contribution in [3.8, 4) is 17.2 Å². The van der Waals surface area contributed by atoms with Gasteiger partial charge in [-0.1, -0.05) is 24.3 Å². The van der Waals surface area contributed by atoms with E-state index >= 15 is 0 Å². The predicted octanol–water partition coefficient (Wildman–Crippen LogP) is 3.67. The van der Waals surface area contributed by atoms with Gasteiger partial charge in [0.1, 0.15) is 11.3 Å². The van der Waals surface area contributed by atoms with Crippen LogP contribution in [0.4, 0.5) is 0 Å². The summed E-state index contributed by atoms with van der Waals surface area (Å²) in [6.45, 7) is 3.45. The second-order valence-electron chi connectivity index (χ2n) is 5.38. The van der Waals surface area contributed by atoms with Gasteiger partial charge < -0.3 is 14.3 Å². The number of ether oxygens (including phenoxy) is 1. The molecule has 0 saturated heterocycles. The lowest BCUT2D eigenvalue weighted by atomic mass is 10.1. The summed E-state index contributed by atoms with van der Waals surface area (Å²) in [4.78, 5) is 12.2. The number of carbonyl (C=O) groups excluding carboxylic acids is 1. The lowest BCUT2D eigenvalue weighted by Gasteiger charge is -2.10. The molecule has 24 heavy (non-hydrogen) atoms. The maximum Gasteiger partial charge on any atom is 0.342 e. The van der Waals surface area contributed by atoms with Crippen molar-refractivity contribution in [3.05, 3.63) is 65.5 Å². The Kier molecular flexibility index (Phi) is 4.29. The summed E-state index contributed by atoms with van der Waals surface area (Å²) in [5.74, 6) is -0.234. The zero-order chi connectivity index (χ0) is 17.1. The van der Waals surface area contributed by atoms with Crippen molar-refractivity contribution < 1.29 is 19.1 Å². The maximum atomic E-state index is 12.2. The summed E-state index contributed by atoms with van der Waals surface area (Å²) in [6.07, 6.45) is -0.733. The number of carbonyl (C=O) groups is 1. The van der Waals surface area contributed by atoms with E-state index in [4.69, 9.17) is 9.15 Å². The summed E-state index contributed by atoms with van der Waals surface area (Å²) in [5.41, 5.74) is 1.72. The van der Waals surface area contributed by atoms with Crippen LogP contribution in [0.5, 0.6) is 5.75 Å². The van der Waals surface area contributed by atoms with E-state index in [-0.39, 0.29) is 17.2 Å². The third kappa shape index (κ3) is 3.27. The molecule has 6 heteroatoms. The monoisotopic (exact) mass is 324 g/mol. The van der Waals surface area contributed by atoms with Crippen molar-refractivity contribution in [2.45, 2.75) is 20.0 Å². The molecule has 0 spiro atoms. The molecule has 1 aromatic heterocycles. The number of hydrogen-bond acceptors (Lipinski definition) is 6. The van der Waals surface area contributed by atoms with Crippen LogP contribution in [0.15, 0.2) is 52.9 Å². The molecule has 0 aliphatic heterocycles. The number of hydrogen-bond donors (Lipinski definition) is 1. The zero-order valence-corrected chi connectivity index (χ0v) is 13.3. The summed E-state index contributed by atoms with van der Waals surface area (Å²) < 4.78 is 10.9. The number of aromatic nitrogens is 2. The number of benzene rings is 2. The molecule has 6 nitrogen and oxygen atoms in total. The summed E-state index contributed by atoms with van der Waals surface area (Å²) in [7, 11) is 0. The van der Waals surface area contributed by atoms with E-state index in [0.29, 0.717) is 5.89 Å². The Bertz CT molecular complexity index is 858. The molecule has 1 N–H and O–H groups in total. The molecule has 0 amide bonds. The highest BCUT2D eigenvalue weighted by molar-refractivity contribution is 5.92. The van der Waals surface area contributed by atoms with Crippen LogP contribution in [0.3, 0.4) is 0 Å². The maximum absolute atomic E-state index is 12.2. The number of rotatable bonds is 4. The molecule has 3 rings (SSSR count). The van der Waals surface area contributed by atoms with Crippen LogP contribution >= 0.6 is 0 Å². The Balaban J connectivity index is 1.74. The predicted molar refractivity (Wildman–Crippen MR) is 86.4 cm³/mol. The Morgan fingerprint density at radius 2 is 1.92 bits per heavy atom. The van der Waals surface area contributed by atoms with Gasteiger partial charge in [0.25, 0.3) is 5.89 Å². The standard InChI is InChI=1S/C18H16N2O4/c1-11-8-9-14(15(21)10-11)18(22)23-12(2)16-19-20-17(24-16)13-6-4-3-5-7-13/h3-10,12,21H,1-2H3/t12-/m0/s1. The number of phenolic OH excluding ortho intramolecular Hbond substituents is 1. The largest absolute Gasteiger partial charge is 0.507 e. The highest BCUT2D eigenvalue weighted by Gasteiger charge is 2.21. The molecule has 122 valence electrons. The van der Waals surface area contributed by atoms with Gasteiger partial charge in [0.2, 0.25) is 5.89 Å². The van der Waals surface area contributed by atoms with Crippen LogP contribution in [0, 0.1) is 6.92 Å². The third-order valence-electron chi connectivity index (χ3n) is 3.47. The van der Waals surface area contributed by atoms with Crippen molar-refractivity contribution in [3.63, 3.8) is 0 Å². The van der Waals surface area contributed by atoms with E-state index in [1.165, 1.54) is 12.1 Å². The Hall–Kier alpha value is -3.15. The van der Waals surface area contributed by atoms with Gasteiger partial charge in [-0.05, 0) is 43.7 Å². The van der Waals surface area contributed by atoms with Crippen molar-refractivity contribution in [1.82, 2.24) is 10.2 Å². The number of nitrogens with zero attached hydrogens (tertiary/aromatic N) is 2. The molecule has 1 heterocycles. The fourth-order valence-electron chi connectivity index (χ4n) is 2.18. The SMILES string of the molecule is Cc1ccc(C(=O)O[C@@H](C)c2nnc(-c3ccccc3)o2)c(O)c1. The number of phenols is 1. The van der Waals surface area contributed by atoms with Crippen LogP contribution in [-0.2, 0) is 4.74 Å². The molecular weight excluding hydrogens is 308 g/mol.